The lowest BCUT2D eigenvalue weighted by Gasteiger charge is -1.96. The third kappa shape index (κ3) is 2.71. The van der Waals surface area contributed by atoms with Gasteiger partial charge in [0.05, 0.1) is 0 Å². The molecule has 2 rings (SSSR count). The first-order valence-electron chi connectivity index (χ1n) is 5.30. The summed E-state index contributed by atoms with van der Waals surface area (Å²) in [6.07, 6.45) is 2.37. The summed E-state index contributed by atoms with van der Waals surface area (Å²) in [6, 6.07) is 6.24. The standard InChI is InChI=1S/C14H10F2O2/c1-9-2-7-14(18-9)13(17)6-3-10-8-11(15)4-5-12(10)16/h2-8H,1H3/b6-3+. The second-order valence-corrected chi connectivity index (χ2v) is 3.77. The van der Waals surface area contributed by atoms with Crippen LogP contribution < -0.4 is 0 Å². The molecule has 18 heavy (non-hydrogen) atoms. The van der Waals surface area contributed by atoms with Crippen molar-refractivity contribution in [2.24, 2.45) is 0 Å². The molecule has 0 aliphatic carbocycles. The average Bonchev–Trinajstić information content (AvgIpc) is 2.77. The number of carbonyl (C=O) groups is 1. The van der Waals surface area contributed by atoms with Crippen LogP contribution in [0.25, 0.3) is 6.08 Å². The topological polar surface area (TPSA) is 30.2 Å². The number of halogens is 2. The molecular weight excluding hydrogens is 238 g/mol. The van der Waals surface area contributed by atoms with Gasteiger partial charge in [0.15, 0.2) is 5.76 Å². The number of ketones is 1. The average molecular weight is 248 g/mol. The second kappa shape index (κ2) is 4.96. The molecule has 0 amide bonds. The van der Waals surface area contributed by atoms with E-state index in [0.29, 0.717) is 5.76 Å². The number of allylic oxidation sites excluding steroid dienone is 1. The molecule has 2 nitrogen and oxygen atoms in total. The highest BCUT2D eigenvalue weighted by Crippen LogP contribution is 2.13. The van der Waals surface area contributed by atoms with Crippen LogP contribution >= 0.6 is 0 Å². The molecule has 0 atom stereocenters. The summed E-state index contributed by atoms with van der Waals surface area (Å²) in [4.78, 5) is 11.6. The maximum atomic E-state index is 13.3. The molecule has 1 heterocycles. The number of furan rings is 1. The second-order valence-electron chi connectivity index (χ2n) is 3.77. The zero-order valence-corrected chi connectivity index (χ0v) is 9.61. The highest BCUT2D eigenvalue weighted by Gasteiger charge is 2.07. The van der Waals surface area contributed by atoms with Crippen LogP contribution in [0.5, 0.6) is 0 Å². The minimum Gasteiger partial charge on any atom is -0.458 e. The Hall–Kier alpha value is -2.23. The summed E-state index contributed by atoms with van der Waals surface area (Å²) in [6.45, 7) is 1.72. The summed E-state index contributed by atoms with van der Waals surface area (Å²) in [5.74, 6) is -0.760. The molecule has 0 saturated heterocycles. The first kappa shape index (κ1) is 12.2. The number of hydrogen-bond donors (Lipinski definition) is 0. The summed E-state index contributed by atoms with van der Waals surface area (Å²) in [5.41, 5.74) is 0.0200. The molecule has 0 N–H and O–H groups in total. The fourth-order valence-corrected chi connectivity index (χ4v) is 1.46. The zero-order valence-electron chi connectivity index (χ0n) is 9.61. The number of rotatable bonds is 3. The van der Waals surface area contributed by atoms with Crippen molar-refractivity contribution >= 4 is 11.9 Å². The summed E-state index contributed by atoms with van der Waals surface area (Å²) in [5, 5.41) is 0. The fourth-order valence-electron chi connectivity index (χ4n) is 1.46. The Bertz CT molecular complexity index is 612. The molecule has 1 aromatic carbocycles. The van der Waals surface area contributed by atoms with Crippen molar-refractivity contribution in [2.45, 2.75) is 6.92 Å². The van der Waals surface area contributed by atoms with Crippen LogP contribution in [-0.4, -0.2) is 5.78 Å². The van der Waals surface area contributed by atoms with Gasteiger partial charge in [-0.1, -0.05) is 0 Å². The van der Waals surface area contributed by atoms with Crippen LogP contribution in [0, 0.1) is 18.6 Å². The van der Waals surface area contributed by atoms with Crippen LogP contribution in [0.1, 0.15) is 21.9 Å². The van der Waals surface area contributed by atoms with E-state index in [1.807, 2.05) is 0 Å². The van der Waals surface area contributed by atoms with Crippen molar-refractivity contribution in [3.63, 3.8) is 0 Å². The Morgan fingerprint density at radius 2 is 2.00 bits per heavy atom. The van der Waals surface area contributed by atoms with Gasteiger partial charge >= 0.3 is 0 Å². The number of aryl methyl sites for hydroxylation is 1. The lowest BCUT2D eigenvalue weighted by Crippen LogP contribution is -1.91. The molecule has 0 unspecified atom stereocenters. The minimum absolute atomic E-state index is 0.0200. The normalized spacial score (nSPS) is 11.1. The zero-order chi connectivity index (χ0) is 13.1. The largest absolute Gasteiger partial charge is 0.458 e. The molecule has 0 radical (unpaired) electrons. The van der Waals surface area contributed by atoms with E-state index in [1.54, 1.807) is 13.0 Å². The number of benzene rings is 1. The summed E-state index contributed by atoms with van der Waals surface area (Å²) < 4.78 is 31.3. The minimum atomic E-state index is -0.587. The fraction of sp³-hybridized carbons (Fsp3) is 0.0714. The third-order valence-corrected chi connectivity index (χ3v) is 2.36. The molecule has 0 spiro atoms. The maximum Gasteiger partial charge on any atom is 0.221 e. The Morgan fingerprint density at radius 1 is 1.22 bits per heavy atom. The smallest absolute Gasteiger partial charge is 0.221 e. The lowest BCUT2D eigenvalue weighted by atomic mass is 10.1. The quantitative estimate of drug-likeness (QED) is 0.611. The van der Waals surface area contributed by atoms with Gasteiger partial charge in [-0.05, 0) is 49.4 Å². The first-order chi connectivity index (χ1) is 8.56. The van der Waals surface area contributed by atoms with Gasteiger partial charge in [-0.15, -0.1) is 0 Å². The van der Waals surface area contributed by atoms with Gasteiger partial charge in [-0.25, -0.2) is 8.78 Å². The molecule has 92 valence electrons. The Kier molecular flexibility index (Phi) is 3.37. The predicted molar refractivity (Wildman–Crippen MR) is 63.2 cm³/mol. The van der Waals surface area contributed by atoms with E-state index in [1.165, 1.54) is 12.1 Å². The monoisotopic (exact) mass is 248 g/mol. The van der Waals surface area contributed by atoms with E-state index in [-0.39, 0.29) is 11.3 Å². The van der Waals surface area contributed by atoms with Crippen molar-refractivity contribution in [1.82, 2.24) is 0 Å². The van der Waals surface area contributed by atoms with Crippen LogP contribution in [-0.2, 0) is 0 Å². The van der Waals surface area contributed by atoms with Crippen LogP contribution in [0.15, 0.2) is 40.8 Å². The van der Waals surface area contributed by atoms with E-state index in [2.05, 4.69) is 0 Å². The third-order valence-electron chi connectivity index (χ3n) is 2.36. The summed E-state index contributed by atoms with van der Waals surface area (Å²) >= 11 is 0. The van der Waals surface area contributed by atoms with Crippen molar-refractivity contribution in [3.05, 3.63) is 65.1 Å². The van der Waals surface area contributed by atoms with Crippen LogP contribution in [0.2, 0.25) is 0 Å². The highest BCUT2D eigenvalue weighted by molar-refractivity contribution is 6.04. The van der Waals surface area contributed by atoms with E-state index in [0.717, 1.165) is 24.3 Å². The van der Waals surface area contributed by atoms with Gasteiger partial charge < -0.3 is 4.42 Å². The maximum absolute atomic E-state index is 13.3. The van der Waals surface area contributed by atoms with Gasteiger partial charge in [-0.3, -0.25) is 4.79 Å². The van der Waals surface area contributed by atoms with Gasteiger partial charge in [0.1, 0.15) is 17.4 Å². The molecular formula is C14H10F2O2. The van der Waals surface area contributed by atoms with E-state index in [9.17, 15) is 13.6 Å². The van der Waals surface area contributed by atoms with E-state index in [4.69, 9.17) is 4.42 Å². The van der Waals surface area contributed by atoms with Crippen LogP contribution in [0.4, 0.5) is 8.78 Å². The van der Waals surface area contributed by atoms with Crippen molar-refractivity contribution in [3.8, 4) is 0 Å². The molecule has 0 bridgehead atoms. The van der Waals surface area contributed by atoms with Crippen molar-refractivity contribution in [1.29, 1.82) is 0 Å². The van der Waals surface area contributed by atoms with Gasteiger partial charge in [0, 0.05) is 5.56 Å². The number of hydrogen-bond acceptors (Lipinski definition) is 2. The SMILES string of the molecule is Cc1ccc(C(=O)/C=C/c2cc(F)ccc2F)o1. The van der Waals surface area contributed by atoms with E-state index >= 15 is 0 Å². The first-order valence-corrected chi connectivity index (χ1v) is 5.30. The van der Waals surface area contributed by atoms with E-state index < -0.39 is 17.4 Å². The highest BCUT2D eigenvalue weighted by atomic mass is 19.1. The lowest BCUT2D eigenvalue weighted by molar-refractivity contribution is 0.102. The molecule has 0 aliphatic rings. The molecule has 0 aliphatic heterocycles. The molecule has 4 heteroatoms. The predicted octanol–water partition coefficient (Wildman–Crippen LogP) is 3.76. The van der Waals surface area contributed by atoms with Crippen LogP contribution in [0.3, 0.4) is 0 Å². The number of carbonyl (C=O) groups excluding carboxylic acids is 1. The van der Waals surface area contributed by atoms with Crippen molar-refractivity contribution in [2.75, 3.05) is 0 Å². The molecule has 0 fully saturated rings. The Labute approximate surface area is 103 Å². The van der Waals surface area contributed by atoms with Gasteiger partial charge in [0.2, 0.25) is 5.78 Å². The molecule has 0 saturated carbocycles. The molecule has 1 aromatic heterocycles. The van der Waals surface area contributed by atoms with Crippen molar-refractivity contribution < 1.29 is 18.0 Å². The van der Waals surface area contributed by atoms with Gasteiger partial charge in [-0.2, -0.15) is 0 Å². The Balaban J connectivity index is 2.20. The molecule has 2 aromatic rings. The summed E-state index contributed by atoms with van der Waals surface area (Å²) in [7, 11) is 0. The van der Waals surface area contributed by atoms with Gasteiger partial charge in [0.25, 0.3) is 0 Å². The Morgan fingerprint density at radius 3 is 2.67 bits per heavy atom.